The molecule has 0 atom stereocenters. The van der Waals surface area contributed by atoms with Crippen LogP contribution in [-0.2, 0) is 0 Å². The minimum absolute atomic E-state index is 0.273. The zero-order valence-corrected chi connectivity index (χ0v) is 8.13. The van der Waals surface area contributed by atoms with Gasteiger partial charge in [0.05, 0.1) is 15.6 Å². The Balaban J connectivity index is 2.80. The van der Waals surface area contributed by atoms with Gasteiger partial charge in [-0.1, -0.05) is 6.07 Å². The second-order valence-electron chi connectivity index (χ2n) is 2.67. The number of aromatic amines is 1. The molecule has 0 radical (unpaired) electrons. The average molecular weight is 240 g/mol. The third kappa shape index (κ3) is 1.23. The monoisotopic (exact) mass is 239 g/mol. The van der Waals surface area contributed by atoms with Crippen molar-refractivity contribution in [2.75, 3.05) is 0 Å². The van der Waals surface area contributed by atoms with E-state index in [4.69, 9.17) is 5.11 Å². The summed E-state index contributed by atoms with van der Waals surface area (Å²) in [5.74, 6) is -0.927. The van der Waals surface area contributed by atoms with Gasteiger partial charge in [0.1, 0.15) is 0 Å². The Bertz CT molecular complexity index is 475. The van der Waals surface area contributed by atoms with Crippen molar-refractivity contribution in [3.63, 3.8) is 0 Å². The maximum Gasteiger partial charge on any atom is 0.336 e. The minimum Gasteiger partial charge on any atom is -0.478 e. The van der Waals surface area contributed by atoms with Crippen LogP contribution in [0.1, 0.15) is 10.4 Å². The number of carbonyl (C=O) groups is 1. The van der Waals surface area contributed by atoms with Gasteiger partial charge < -0.3 is 10.1 Å². The first-order valence-corrected chi connectivity index (χ1v) is 4.48. The number of halogens is 1. The standard InChI is InChI=1S/C9H6BrNO2/c10-7-6(9(12)13)2-1-5-3-4-11-8(5)7/h1-4,11H,(H,12,13). The molecule has 0 aliphatic heterocycles. The molecule has 2 N–H and O–H groups in total. The van der Waals surface area contributed by atoms with Crippen LogP contribution in [0.5, 0.6) is 0 Å². The third-order valence-corrected chi connectivity index (χ3v) is 2.72. The quantitative estimate of drug-likeness (QED) is 0.804. The Kier molecular flexibility index (Phi) is 1.84. The lowest BCUT2D eigenvalue weighted by Crippen LogP contribution is -1.97. The number of aromatic carboxylic acids is 1. The number of carboxylic acid groups (broad SMARTS) is 1. The van der Waals surface area contributed by atoms with E-state index in [1.54, 1.807) is 18.3 Å². The van der Waals surface area contributed by atoms with Crippen molar-refractivity contribution >= 4 is 32.8 Å². The SMILES string of the molecule is O=C(O)c1ccc2cc[nH]c2c1Br. The van der Waals surface area contributed by atoms with Crippen molar-refractivity contribution < 1.29 is 9.90 Å². The Morgan fingerprint density at radius 2 is 2.15 bits per heavy atom. The van der Waals surface area contributed by atoms with Gasteiger partial charge in [0, 0.05) is 11.6 Å². The smallest absolute Gasteiger partial charge is 0.336 e. The van der Waals surface area contributed by atoms with Crippen LogP contribution in [0.2, 0.25) is 0 Å². The highest BCUT2D eigenvalue weighted by molar-refractivity contribution is 9.10. The summed E-state index contributed by atoms with van der Waals surface area (Å²) in [4.78, 5) is 13.7. The fraction of sp³-hybridized carbons (Fsp3) is 0. The molecule has 0 aliphatic carbocycles. The fourth-order valence-corrected chi connectivity index (χ4v) is 1.90. The molecule has 2 rings (SSSR count). The van der Waals surface area contributed by atoms with Crippen LogP contribution in [0.15, 0.2) is 28.9 Å². The van der Waals surface area contributed by atoms with Gasteiger partial charge in [-0.2, -0.15) is 0 Å². The first kappa shape index (κ1) is 8.31. The maximum atomic E-state index is 10.7. The van der Waals surface area contributed by atoms with Crippen LogP contribution in [0.4, 0.5) is 0 Å². The predicted octanol–water partition coefficient (Wildman–Crippen LogP) is 2.63. The lowest BCUT2D eigenvalue weighted by Gasteiger charge is -1.99. The van der Waals surface area contributed by atoms with Crippen LogP contribution in [0, 0.1) is 0 Å². The topological polar surface area (TPSA) is 53.1 Å². The van der Waals surface area contributed by atoms with E-state index in [1.807, 2.05) is 6.07 Å². The van der Waals surface area contributed by atoms with Gasteiger partial charge in [-0.15, -0.1) is 0 Å². The summed E-state index contributed by atoms with van der Waals surface area (Å²) in [6.07, 6.45) is 1.78. The number of fused-ring (bicyclic) bond motifs is 1. The number of benzene rings is 1. The molecule has 2 aromatic rings. The molecule has 1 aromatic heterocycles. The van der Waals surface area contributed by atoms with Gasteiger partial charge in [-0.05, 0) is 28.1 Å². The van der Waals surface area contributed by atoms with Crippen LogP contribution in [-0.4, -0.2) is 16.1 Å². The summed E-state index contributed by atoms with van der Waals surface area (Å²) < 4.78 is 0.600. The third-order valence-electron chi connectivity index (χ3n) is 1.90. The summed E-state index contributed by atoms with van der Waals surface area (Å²) in [5.41, 5.74) is 1.09. The first-order chi connectivity index (χ1) is 6.20. The van der Waals surface area contributed by atoms with Crippen LogP contribution < -0.4 is 0 Å². The zero-order valence-electron chi connectivity index (χ0n) is 6.54. The van der Waals surface area contributed by atoms with Gasteiger partial charge in [0.15, 0.2) is 0 Å². The zero-order chi connectivity index (χ0) is 9.42. The molecule has 0 aliphatic rings. The summed E-state index contributed by atoms with van der Waals surface area (Å²) >= 11 is 3.25. The van der Waals surface area contributed by atoms with Crippen LogP contribution in [0.25, 0.3) is 10.9 Å². The van der Waals surface area contributed by atoms with Crippen molar-refractivity contribution in [1.82, 2.24) is 4.98 Å². The highest BCUT2D eigenvalue weighted by Gasteiger charge is 2.10. The van der Waals surface area contributed by atoms with E-state index >= 15 is 0 Å². The van der Waals surface area contributed by atoms with Crippen LogP contribution in [0.3, 0.4) is 0 Å². The predicted molar refractivity (Wildman–Crippen MR) is 53.0 cm³/mol. The van der Waals surface area contributed by atoms with E-state index in [9.17, 15) is 4.79 Å². The molecule has 4 heteroatoms. The second kappa shape index (κ2) is 2.88. The van der Waals surface area contributed by atoms with Crippen molar-refractivity contribution in [2.45, 2.75) is 0 Å². The van der Waals surface area contributed by atoms with Crippen molar-refractivity contribution in [1.29, 1.82) is 0 Å². The lowest BCUT2D eigenvalue weighted by atomic mass is 10.2. The summed E-state index contributed by atoms with van der Waals surface area (Å²) in [7, 11) is 0. The molecule has 0 unspecified atom stereocenters. The summed E-state index contributed by atoms with van der Waals surface area (Å²) in [6.45, 7) is 0. The number of aromatic nitrogens is 1. The Hall–Kier alpha value is -1.29. The minimum atomic E-state index is -0.927. The Morgan fingerprint density at radius 1 is 1.38 bits per heavy atom. The molecule has 0 fully saturated rings. The van der Waals surface area contributed by atoms with Crippen molar-refractivity contribution in [2.24, 2.45) is 0 Å². The number of carboxylic acids is 1. The summed E-state index contributed by atoms with van der Waals surface area (Å²) in [6, 6.07) is 5.26. The molecular weight excluding hydrogens is 234 g/mol. The van der Waals surface area contributed by atoms with Gasteiger partial charge in [-0.3, -0.25) is 0 Å². The summed E-state index contributed by atoms with van der Waals surface area (Å²) in [5, 5.41) is 9.82. The molecule has 0 amide bonds. The second-order valence-corrected chi connectivity index (χ2v) is 3.47. The average Bonchev–Trinajstić information content (AvgIpc) is 2.52. The highest BCUT2D eigenvalue weighted by Crippen LogP contribution is 2.26. The van der Waals surface area contributed by atoms with E-state index in [0.717, 1.165) is 10.9 Å². The lowest BCUT2D eigenvalue weighted by molar-refractivity contribution is 0.0696. The van der Waals surface area contributed by atoms with Gasteiger partial charge in [-0.25, -0.2) is 4.79 Å². The number of H-pyrrole nitrogens is 1. The molecule has 1 heterocycles. The largest absolute Gasteiger partial charge is 0.478 e. The van der Waals surface area contributed by atoms with Crippen LogP contribution >= 0.6 is 15.9 Å². The first-order valence-electron chi connectivity index (χ1n) is 3.69. The van der Waals surface area contributed by atoms with Crippen molar-refractivity contribution in [3.8, 4) is 0 Å². The molecule has 0 bridgehead atoms. The van der Waals surface area contributed by atoms with E-state index in [0.29, 0.717) is 4.47 Å². The number of hydrogen-bond acceptors (Lipinski definition) is 1. The molecule has 3 nitrogen and oxygen atoms in total. The maximum absolute atomic E-state index is 10.7. The van der Waals surface area contributed by atoms with E-state index in [1.165, 1.54) is 0 Å². The fourth-order valence-electron chi connectivity index (χ4n) is 1.26. The molecule has 66 valence electrons. The van der Waals surface area contributed by atoms with Gasteiger partial charge >= 0.3 is 5.97 Å². The Labute approximate surface area is 82.5 Å². The van der Waals surface area contributed by atoms with Gasteiger partial charge in [0.25, 0.3) is 0 Å². The normalized spacial score (nSPS) is 10.5. The van der Waals surface area contributed by atoms with E-state index in [-0.39, 0.29) is 5.56 Å². The molecule has 1 aromatic carbocycles. The van der Waals surface area contributed by atoms with E-state index in [2.05, 4.69) is 20.9 Å². The molecule has 13 heavy (non-hydrogen) atoms. The molecule has 0 spiro atoms. The molecule has 0 saturated carbocycles. The van der Waals surface area contributed by atoms with Crippen molar-refractivity contribution in [3.05, 3.63) is 34.4 Å². The molecule has 0 saturated heterocycles. The highest BCUT2D eigenvalue weighted by atomic mass is 79.9. The van der Waals surface area contributed by atoms with E-state index < -0.39 is 5.97 Å². The molecular formula is C9H6BrNO2. The Morgan fingerprint density at radius 3 is 2.85 bits per heavy atom. The number of hydrogen-bond donors (Lipinski definition) is 2. The number of rotatable bonds is 1. The van der Waals surface area contributed by atoms with Gasteiger partial charge in [0.2, 0.25) is 0 Å². The number of nitrogens with one attached hydrogen (secondary N) is 1.